The number of hydrogen-bond donors (Lipinski definition) is 1. The van der Waals surface area contributed by atoms with E-state index in [1.807, 2.05) is 24.3 Å². The third kappa shape index (κ3) is 2.40. The van der Waals surface area contributed by atoms with Gasteiger partial charge in [0.05, 0.1) is 10.4 Å². The number of thiazole rings is 1. The number of nitrogens with zero attached hydrogens (tertiary/aromatic N) is 3. The van der Waals surface area contributed by atoms with Crippen LogP contribution in [0.5, 0.6) is 0 Å². The standard InChI is InChI=1S/C13H12N4OS/c14-6-5-9-3-1-2-4-10(9)13-16-12(17-18-13)11-7-15-8-19-11/h1-4,7-8H,5-6,14H2. The highest BCUT2D eigenvalue weighted by molar-refractivity contribution is 7.13. The van der Waals surface area contributed by atoms with Gasteiger partial charge in [-0.15, -0.1) is 11.3 Å². The summed E-state index contributed by atoms with van der Waals surface area (Å²) in [5, 5.41) is 3.99. The first-order valence-electron chi connectivity index (χ1n) is 5.89. The zero-order valence-corrected chi connectivity index (χ0v) is 10.9. The fourth-order valence-electron chi connectivity index (χ4n) is 1.86. The summed E-state index contributed by atoms with van der Waals surface area (Å²) < 4.78 is 5.34. The van der Waals surface area contributed by atoms with E-state index < -0.39 is 0 Å². The van der Waals surface area contributed by atoms with E-state index in [1.165, 1.54) is 11.3 Å². The van der Waals surface area contributed by atoms with Gasteiger partial charge in [-0.3, -0.25) is 4.98 Å². The highest BCUT2D eigenvalue weighted by atomic mass is 32.1. The highest BCUT2D eigenvalue weighted by Gasteiger charge is 2.14. The fraction of sp³-hybridized carbons (Fsp3) is 0.154. The number of aromatic nitrogens is 3. The predicted molar refractivity (Wildman–Crippen MR) is 73.6 cm³/mol. The average Bonchev–Trinajstić information content (AvgIpc) is 3.11. The van der Waals surface area contributed by atoms with Crippen LogP contribution >= 0.6 is 11.3 Å². The highest BCUT2D eigenvalue weighted by Crippen LogP contribution is 2.26. The van der Waals surface area contributed by atoms with Crippen LogP contribution in [0.4, 0.5) is 0 Å². The second-order valence-electron chi connectivity index (χ2n) is 3.98. The molecular formula is C13H12N4OS. The Morgan fingerprint density at radius 1 is 1.26 bits per heavy atom. The van der Waals surface area contributed by atoms with Crippen LogP contribution in [-0.2, 0) is 6.42 Å². The Labute approximate surface area is 114 Å². The first-order valence-corrected chi connectivity index (χ1v) is 6.77. The van der Waals surface area contributed by atoms with Gasteiger partial charge in [0.2, 0.25) is 5.82 Å². The van der Waals surface area contributed by atoms with Crippen LogP contribution in [0.15, 0.2) is 40.5 Å². The second kappa shape index (κ2) is 5.29. The third-order valence-electron chi connectivity index (χ3n) is 2.74. The molecule has 3 aromatic rings. The molecule has 0 radical (unpaired) electrons. The van der Waals surface area contributed by atoms with E-state index in [2.05, 4.69) is 15.1 Å². The van der Waals surface area contributed by atoms with Crippen molar-refractivity contribution in [3.8, 4) is 22.2 Å². The number of benzene rings is 1. The van der Waals surface area contributed by atoms with Crippen molar-refractivity contribution in [2.45, 2.75) is 6.42 Å². The lowest BCUT2D eigenvalue weighted by molar-refractivity contribution is 0.432. The summed E-state index contributed by atoms with van der Waals surface area (Å²) in [5.41, 5.74) is 9.42. The molecule has 0 atom stereocenters. The Balaban J connectivity index is 1.99. The van der Waals surface area contributed by atoms with Gasteiger partial charge < -0.3 is 10.3 Å². The molecular weight excluding hydrogens is 260 g/mol. The van der Waals surface area contributed by atoms with Crippen molar-refractivity contribution in [2.24, 2.45) is 5.73 Å². The van der Waals surface area contributed by atoms with Crippen molar-refractivity contribution in [3.05, 3.63) is 41.5 Å². The molecule has 0 spiro atoms. The van der Waals surface area contributed by atoms with Gasteiger partial charge in [0.1, 0.15) is 0 Å². The topological polar surface area (TPSA) is 77.8 Å². The molecule has 5 nitrogen and oxygen atoms in total. The predicted octanol–water partition coefficient (Wildman–Crippen LogP) is 2.36. The molecule has 0 aliphatic heterocycles. The van der Waals surface area contributed by atoms with Crippen molar-refractivity contribution >= 4 is 11.3 Å². The minimum Gasteiger partial charge on any atom is -0.334 e. The van der Waals surface area contributed by atoms with Crippen molar-refractivity contribution in [2.75, 3.05) is 6.54 Å². The first kappa shape index (κ1) is 12.0. The van der Waals surface area contributed by atoms with Gasteiger partial charge >= 0.3 is 0 Å². The van der Waals surface area contributed by atoms with Crippen LogP contribution in [0.2, 0.25) is 0 Å². The minimum atomic E-state index is 0.521. The maximum absolute atomic E-state index is 5.62. The molecule has 2 N–H and O–H groups in total. The number of hydrogen-bond acceptors (Lipinski definition) is 6. The third-order valence-corrected chi connectivity index (χ3v) is 3.51. The Morgan fingerprint density at radius 3 is 2.95 bits per heavy atom. The monoisotopic (exact) mass is 272 g/mol. The molecule has 0 bridgehead atoms. The molecule has 3 rings (SSSR count). The van der Waals surface area contributed by atoms with Gasteiger partial charge in [0.25, 0.3) is 5.89 Å². The Hall–Kier alpha value is -2.05. The Morgan fingerprint density at radius 2 is 2.16 bits per heavy atom. The molecule has 6 heteroatoms. The van der Waals surface area contributed by atoms with Crippen LogP contribution in [0.3, 0.4) is 0 Å². The largest absolute Gasteiger partial charge is 0.334 e. The lowest BCUT2D eigenvalue weighted by atomic mass is 10.0. The zero-order chi connectivity index (χ0) is 13.1. The van der Waals surface area contributed by atoms with E-state index >= 15 is 0 Å². The van der Waals surface area contributed by atoms with E-state index in [0.717, 1.165) is 22.4 Å². The molecule has 19 heavy (non-hydrogen) atoms. The molecule has 0 unspecified atom stereocenters. The van der Waals surface area contributed by atoms with Gasteiger partial charge in [-0.25, -0.2) is 0 Å². The van der Waals surface area contributed by atoms with Crippen LogP contribution in [0.25, 0.3) is 22.2 Å². The Kier molecular flexibility index (Phi) is 3.35. The fourth-order valence-corrected chi connectivity index (χ4v) is 2.41. The average molecular weight is 272 g/mol. The summed E-state index contributed by atoms with van der Waals surface area (Å²) in [6, 6.07) is 7.93. The van der Waals surface area contributed by atoms with Crippen LogP contribution in [-0.4, -0.2) is 21.7 Å². The zero-order valence-electron chi connectivity index (χ0n) is 10.1. The normalized spacial score (nSPS) is 10.8. The molecule has 2 aromatic heterocycles. The van der Waals surface area contributed by atoms with Gasteiger partial charge in [0, 0.05) is 11.8 Å². The summed E-state index contributed by atoms with van der Waals surface area (Å²) in [4.78, 5) is 9.32. The molecule has 0 aliphatic carbocycles. The molecule has 96 valence electrons. The Bertz CT molecular complexity index is 663. The molecule has 0 saturated heterocycles. The van der Waals surface area contributed by atoms with Gasteiger partial charge in [-0.2, -0.15) is 4.98 Å². The quantitative estimate of drug-likeness (QED) is 0.788. The van der Waals surface area contributed by atoms with Crippen molar-refractivity contribution in [3.63, 3.8) is 0 Å². The van der Waals surface area contributed by atoms with Crippen molar-refractivity contribution < 1.29 is 4.52 Å². The summed E-state index contributed by atoms with van der Waals surface area (Å²) in [6.45, 7) is 0.590. The van der Waals surface area contributed by atoms with E-state index in [9.17, 15) is 0 Å². The number of rotatable bonds is 4. The van der Waals surface area contributed by atoms with E-state index in [-0.39, 0.29) is 0 Å². The number of nitrogens with two attached hydrogens (primary N) is 1. The van der Waals surface area contributed by atoms with Gasteiger partial charge in [-0.05, 0) is 24.6 Å². The summed E-state index contributed by atoms with van der Waals surface area (Å²) in [7, 11) is 0. The smallest absolute Gasteiger partial charge is 0.258 e. The maximum Gasteiger partial charge on any atom is 0.258 e. The summed E-state index contributed by atoms with van der Waals surface area (Å²) in [5.74, 6) is 1.09. The van der Waals surface area contributed by atoms with E-state index in [4.69, 9.17) is 10.3 Å². The molecule has 0 amide bonds. The maximum atomic E-state index is 5.62. The lowest BCUT2D eigenvalue weighted by Crippen LogP contribution is -2.03. The van der Waals surface area contributed by atoms with Gasteiger partial charge in [-0.1, -0.05) is 23.4 Å². The van der Waals surface area contributed by atoms with Gasteiger partial charge in [0.15, 0.2) is 0 Å². The van der Waals surface area contributed by atoms with Crippen LogP contribution in [0.1, 0.15) is 5.56 Å². The van der Waals surface area contributed by atoms with Crippen molar-refractivity contribution in [1.29, 1.82) is 0 Å². The molecule has 0 aliphatic rings. The van der Waals surface area contributed by atoms with E-state index in [0.29, 0.717) is 18.3 Å². The van der Waals surface area contributed by atoms with E-state index in [1.54, 1.807) is 11.7 Å². The summed E-state index contributed by atoms with van der Waals surface area (Å²) in [6.07, 6.45) is 2.51. The minimum absolute atomic E-state index is 0.521. The summed E-state index contributed by atoms with van der Waals surface area (Å²) >= 11 is 1.48. The first-order chi connectivity index (χ1) is 9.38. The molecule has 0 fully saturated rings. The lowest BCUT2D eigenvalue weighted by Gasteiger charge is -2.03. The molecule has 2 heterocycles. The molecule has 0 saturated carbocycles. The van der Waals surface area contributed by atoms with Crippen LogP contribution < -0.4 is 5.73 Å². The SMILES string of the molecule is NCCc1ccccc1-c1nc(-c2cncs2)no1. The molecule has 1 aromatic carbocycles. The second-order valence-corrected chi connectivity index (χ2v) is 4.87. The van der Waals surface area contributed by atoms with Crippen molar-refractivity contribution in [1.82, 2.24) is 15.1 Å². The van der Waals surface area contributed by atoms with Crippen LogP contribution in [0, 0.1) is 0 Å².